The van der Waals surface area contributed by atoms with E-state index in [9.17, 15) is 14.0 Å². The number of halogens is 1. The number of rotatable bonds is 7. The third-order valence-corrected chi connectivity index (χ3v) is 6.14. The Hall–Kier alpha value is -4.17. The Morgan fingerprint density at radius 3 is 1.97 bits per heavy atom. The Kier molecular flexibility index (Phi) is 6.89. The highest BCUT2D eigenvalue weighted by molar-refractivity contribution is 7.17. The fourth-order valence-electron chi connectivity index (χ4n) is 3.33. The molecule has 172 valence electrons. The predicted molar refractivity (Wildman–Crippen MR) is 132 cm³/mol. The average Bonchev–Trinajstić information content (AvgIpc) is 3.35. The lowest BCUT2D eigenvalue weighted by Crippen LogP contribution is -2.14. The van der Waals surface area contributed by atoms with E-state index in [4.69, 9.17) is 9.47 Å². The van der Waals surface area contributed by atoms with Crippen LogP contribution in [0.15, 0.2) is 78.9 Å². The summed E-state index contributed by atoms with van der Waals surface area (Å²) in [6.45, 7) is 0. The number of nitrogens with one attached hydrogen (secondary N) is 2. The SMILES string of the molecule is COc1cc(NC(=O)c2ccc(-c3ccccc3F)s2)c(OC)cc1NC(=O)c1ccccc1. The van der Waals surface area contributed by atoms with E-state index in [2.05, 4.69) is 10.6 Å². The van der Waals surface area contributed by atoms with Crippen LogP contribution in [-0.4, -0.2) is 26.0 Å². The molecule has 1 aromatic heterocycles. The van der Waals surface area contributed by atoms with Crippen LogP contribution >= 0.6 is 11.3 Å². The van der Waals surface area contributed by atoms with E-state index in [0.29, 0.717) is 43.8 Å². The minimum atomic E-state index is -0.381. The van der Waals surface area contributed by atoms with Crippen LogP contribution < -0.4 is 20.1 Å². The zero-order valence-electron chi connectivity index (χ0n) is 18.4. The third-order valence-electron chi connectivity index (χ3n) is 5.02. The number of carbonyl (C=O) groups is 2. The monoisotopic (exact) mass is 476 g/mol. The molecule has 8 heteroatoms. The maximum atomic E-state index is 14.1. The minimum Gasteiger partial charge on any atom is -0.494 e. The molecule has 0 unspecified atom stereocenters. The summed E-state index contributed by atoms with van der Waals surface area (Å²) in [7, 11) is 2.92. The van der Waals surface area contributed by atoms with Crippen molar-refractivity contribution in [2.45, 2.75) is 0 Å². The molecule has 0 spiro atoms. The molecule has 0 saturated heterocycles. The number of amides is 2. The zero-order chi connectivity index (χ0) is 24.1. The van der Waals surface area contributed by atoms with Crippen molar-refractivity contribution in [2.75, 3.05) is 24.9 Å². The van der Waals surface area contributed by atoms with Gasteiger partial charge in [-0.25, -0.2) is 4.39 Å². The van der Waals surface area contributed by atoms with Crippen molar-refractivity contribution < 1.29 is 23.5 Å². The van der Waals surface area contributed by atoms with Crippen molar-refractivity contribution in [1.82, 2.24) is 0 Å². The average molecular weight is 477 g/mol. The van der Waals surface area contributed by atoms with Crippen LogP contribution in [0.1, 0.15) is 20.0 Å². The van der Waals surface area contributed by atoms with Gasteiger partial charge in [-0.05, 0) is 30.3 Å². The van der Waals surface area contributed by atoms with Gasteiger partial charge in [-0.15, -0.1) is 11.3 Å². The fourth-order valence-corrected chi connectivity index (χ4v) is 4.26. The summed E-state index contributed by atoms with van der Waals surface area (Å²) in [5.41, 5.74) is 1.68. The van der Waals surface area contributed by atoms with Crippen LogP contribution in [0.4, 0.5) is 15.8 Å². The van der Waals surface area contributed by atoms with Crippen LogP contribution in [0.2, 0.25) is 0 Å². The van der Waals surface area contributed by atoms with Gasteiger partial charge in [0, 0.05) is 28.1 Å². The Labute approximate surface area is 200 Å². The number of methoxy groups -OCH3 is 2. The number of hydrogen-bond donors (Lipinski definition) is 2. The molecule has 3 aromatic carbocycles. The number of ether oxygens (including phenoxy) is 2. The van der Waals surface area contributed by atoms with Gasteiger partial charge >= 0.3 is 0 Å². The second kappa shape index (κ2) is 10.2. The highest BCUT2D eigenvalue weighted by Gasteiger charge is 2.18. The highest BCUT2D eigenvalue weighted by atomic mass is 32.1. The molecular weight excluding hydrogens is 455 g/mol. The molecule has 0 fully saturated rings. The molecule has 2 amide bonds. The van der Waals surface area contributed by atoms with E-state index in [1.165, 1.54) is 31.6 Å². The zero-order valence-corrected chi connectivity index (χ0v) is 19.2. The number of hydrogen-bond acceptors (Lipinski definition) is 5. The quantitative estimate of drug-likeness (QED) is 0.339. The lowest BCUT2D eigenvalue weighted by molar-refractivity contribution is 0.101. The molecule has 1 heterocycles. The molecule has 0 saturated carbocycles. The molecule has 0 aliphatic heterocycles. The van der Waals surface area contributed by atoms with Gasteiger partial charge in [0.05, 0.1) is 30.5 Å². The van der Waals surface area contributed by atoms with Crippen LogP contribution in [0.5, 0.6) is 11.5 Å². The maximum Gasteiger partial charge on any atom is 0.265 e. The molecular formula is C26H21FN2O4S. The Morgan fingerprint density at radius 1 is 0.765 bits per heavy atom. The van der Waals surface area contributed by atoms with Crippen LogP contribution in [0.25, 0.3) is 10.4 Å². The van der Waals surface area contributed by atoms with Crippen LogP contribution in [0, 0.1) is 5.82 Å². The molecule has 34 heavy (non-hydrogen) atoms. The number of carbonyl (C=O) groups excluding carboxylic acids is 2. The van der Waals surface area contributed by atoms with Gasteiger partial charge in [-0.3, -0.25) is 9.59 Å². The lowest BCUT2D eigenvalue weighted by atomic mass is 10.2. The molecule has 0 aliphatic rings. The first-order chi connectivity index (χ1) is 16.5. The Bertz CT molecular complexity index is 1340. The first-order valence-electron chi connectivity index (χ1n) is 10.3. The number of benzene rings is 3. The summed E-state index contributed by atoms with van der Waals surface area (Å²) in [4.78, 5) is 26.5. The molecule has 0 atom stereocenters. The van der Waals surface area contributed by atoms with Crippen molar-refractivity contribution in [3.8, 4) is 21.9 Å². The summed E-state index contributed by atoms with van der Waals surface area (Å²) >= 11 is 1.18. The van der Waals surface area contributed by atoms with E-state index in [1.807, 2.05) is 6.07 Å². The van der Waals surface area contributed by atoms with Crippen LogP contribution in [-0.2, 0) is 0 Å². The van der Waals surface area contributed by atoms with Gasteiger partial charge in [0.15, 0.2) is 0 Å². The lowest BCUT2D eigenvalue weighted by Gasteiger charge is -2.16. The second-order valence-electron chi connectivity index (χ2n) is 7.17. The van der Waals surface area contributed by atoms with Crippen molar-refractivity contribution in [1.29, 1.82) is 0 Å². The number of thiophene rings is 1. The summed E-state index contributed by atoms with van der Waals surface area (Å²) in [5, 5.41) is 5.61. The van der Waals surface area contributed by atoms with Crippen molar-refractivity contribution >= 4 is 34.5 Å². The van der Waals surface area contributed by atoms with Crippen LogP contribution in [0.3, 0.4) is 0 Å². The summed E-state index contributed by atoms with van der Waals surface area (Å²) < 4.78 is 25.0. The maximum absolute atomic E-state index is 14.1. The Balaban J connectivity index is 1.57. The normalized spacial score (nSPS) is 10.4. The van der Waals surface area contributed by atoms with E-state index in [1.54, 1.807) is 66.7 Å². The Morgan fingerprint density at radius 2 is 1.35 bits per heavy atom. The molecule has 0 radical (unpaired) electrons. The highest BCUT2D eigenvalue weighted by Crippen LogP contribution is 2.37. The molecule has 2 N–H and O–H groups in total. The molecule has 6 nitrogen and oxygen atoms in total. The summed E-state index contributed by atoms with van der Waals surface area (Å²) in [6, 6.07) is 21.7. The molecule has 0 aliphatic carbocycles. The van der Waals surface area contributed by atoms with E-state index < -0.39 is 0 Å². The van der Waals surface area contributed by atoms with E-state index in [-0.39, 0.29) is 17.6 Å². The smallest absolute Gasteiger partial charge is 0.265 e. The largest absolute Gasteiger partial charge is 0.494 e. The first-order valence-corrected chi connectivity index (χ1v) is 11.1. The number of anilines is 2. The first kappa shape index (κ1) is 23.0. The van der Waals surface area contributed by atoms with Gasteiger partial charge in [-0.2, -0.15) is 0 Å². The van der Waals surface area contributed by atoms with Crippen molar-refractivity contribution in [3.05, 3.63) is 95.1 Å². The van der Waals surface area contributed by atoms with E-state index in [0.717, 1.165) is 0 Å². The molecule has 0 bridgehead atoms. The molecule has 4 rings (SSSR count). The molecule has 4 aromatic rings. The van der Waals surface area contributed by atoms with E-state index >= 15 is 0 Å². The minimum absolute atomic E-state index is 0.308. The van der Waals surface area contributed by atoms with Crippen molar-refractivity contribution in [3.63, 3.8) is 0 Å². The second-order valence-corrected chi connectivity index (χ2v) is 8.25. The van der Waals surface area contributed by atoms with Gasteiger partial charge in [0.2, 0.25) is 0 Å². The fraction of sp³-hybridized carbons (Fsp3) is 0.0769. The standard InChI is InChI=1S/C26H21FN2O4S/c1-32-21-15-20(22(33-2)14-19(21)28-25(30)16-8-4-3-5-9-16)29-26(31)24-13-12-23(34-24)17-10-6-7-11-18(17)27/h3-15H,1-2H3,(H,28,30)(H,29,31). The topological polar surface area (TPSA) is 76.7 Å². The van der Waals surface area contributed by atoms with Gasteiger partial charge in [0.25, 0.3) is 11.8 Å². The third kappa shape index (κ3) is 4.92. The summed E-state index contributed by atoms with van der Waals surface area (Å²) in [5.74, 6) is -0.358. The van der Waals surface area contributed by atoms with Gasteiger partial charge in [-0.1, -0.05) is 36.4 Å². The van der Waals surface area contributed by atoms with Gasteiger partial charge < -0.3 is 20.1 Å². The predicted octanol–water partition coefficient (Wildman–Crippen LogP) is 6.08. The van der Waals surface area contributed by atoms with Gasteiger partial charge in [0.1, 0.15) is 17.3 Å². The summed E-state index contributed by atoms with van der Waals surface area (Å²) in [6.07, 6.45) is 0. The van der Waals surface area contributed by atoms with Crippen molar-refractivity contribution in [2.24, 2.45) is 0 Å².